The van der Waals surface area contributed by atoms with Crippen LogP contribution in [-0.2, 0) is 21.2 Å². The molecule has 5 nitrogen and oxygen atoms in total. The van der Waals surface area contributed by atoms with Crippen molar-refractivity contribution in [3.05, 3.63) is 54.9 Å². The smallest absolute Gasteiger partial charge is 0.286 e. The van der Waals surface area contributed by atoms with Gasteiger partial charge < -0.3 is 5.32 Å². The molecule has 0 unspecified atom stereocenters. The van der Waals surface area contributed by atoms with E-state index < -0.39 is 9.84 Å². The monoisotopic (exact) mass is 331 g/mol. The number of carbonyl (C=O) groups excluding carboxylic acids is 1. The molecule has 6 heteroatoms. The van der Waals surface area contributed by atoms with Gasteiger partial charge in [-0.1, -0.05) is 30.3 Å². The summed E-state index contributed by atoms with van der Waals surface area (Å²) in [5, 5.41) is 2.80. The molecule has 2 aromatic rings. The van der Waals surface area contributed by atoms with Gasteiger partial charge in [-0.2, -0.15) is 4.57 Å². The van der Waals surface area contributed by atoms with Gasteiger partial charge in [-0.05, 0) is 18.1 Å². The molecule has 0 spiro atoms. The van der Waals surface area contributed by atoms with Gasteiger partial charge in [0.1, 0.15) is 0 Å². The average molecular weight is 331 g/mol. The third-order valence-corrected chi connectivity index (χ3v) is 5.66. The lowest BCUT2D eigenvalue weighted by atomic mass is 10.1. The Labute approximate surface area is 135 Å². The molecule has 1 aliphatic rings. The fourth-order valence-electron chi connectivity index (χ4n) is 2.77. The first-order valence-electron chi connectivity index (χ1n) is 7.56. The number of hydrogen-bond acceptors (Lipinski definition) is 3. The normalized spacial score (nSPS) is 19.4. The third kappa shape index (κ3) is 4.16. The van der Waals surface area contributed by atoms with E-state index in [2.05, 4.69) is 5.32 Å². The van der Waals surface area contributed by atoms with Crippen molar-refractivity contribution in [2.24, 2.45) is 0 Å². The van der Waals surface area contributed by atoms with Gasteiger partial charge in [0.25, 0.3) is 5.91 Å². The van der Waals surface area contributed by atoms with Crippen LogP contribution in [0.4, 0.5) is 0 Å². The van der Waals surface area contributed by atoms with Crippen LogP contribution in [0.2, 0.25) is 0 Å². The summed E-state index contributed by atoms with van der Waals surface area (Å²) in [5.74, 6) is 0.0458. The Hall–Kier alpha value is -2.21. The lowest BCUT2D eigenvalue weighted by Gasteiger charge is -2.09. The Morgan fingerprint density at radius 1 is 1.13 bits per heavy atom. The first-order valence-corrected chi connectivity index (χ1v) is 9.38. The summed E-state index contributed by atoms with van der Waals surface area (Å²) in [6, 6.07) is 13.6. The molecule has 1 atom stereocenters. The van der Waals surface area contributed by atoms with Crippen molar-refractivity contribution in [2.75, 3.05) is 11.5 Å². The lowest BCUT2D eigenvalue weighted by molar-refractivity contribution is -0.684. The predicted molar refractivity (Wildman–Crippen MR) is 87.3 cm³/mol. The van der Waals surface area contributed by atoms with Crippen molar-refractivity contribution >= 4 is 15.7 Å². The molecular weight excluding hydrogens is 312 g/mol. The highest BCUT2D eigenvalue weighted by atomic mass is 32.2. The molecule has 1 aliphatic heterocycles. The number of sulfone groups is 1. The van der Waals surface area contributed by atoms with Crippen molar-refractivity contribution in [1.29, 1.82) is 0 Å². The minimum Gasteiger partial charge on any atom is -0.347 e. The van der Waals surface area contributed by atoms with Gasteiger partial charge in [0.15, 0.2) is 22.2 Å². The molecule has 0 radical (unpaired) electrons. The van der Waals surface area contributed by atoms with E-state index in [1.807, 2.05) is 54.9 Å². The number of rotatable bonds is 4. The van der Waals surface area contributed by atoms with E-state index in [9.17, 15) is 13.2 Å². The van der Waals surface area contributed by atoms with Gasteiger partial charge in [0.2, 0.25) is 6.54 Å². The SMILES string of the molecule is O=C(C[n+]1cccc(-c2ccccc2)c1)N[C@@H]1CCS(=O)(=O)C1. The number of aromatic nitrogens is 1. The second kappa shape index (κ2) is 6.50. The Kier molecular flexibility index (Phi) is 4.43. The van der Waals surface area contributed by atoms with Gasteiger partial charge >= 0.3 is 0 Å². The third-order valence-electron chi connectivity index (χ3n) is 3.89. The van der Waals surface area contributed by atoms with Crippen LogP contribution >= 0.6 is 0 Å². The van der Waals surface area contributed by atoms with Crippen molar-refractivity contribution in [3.8, 4) is 11.1 Å². The quantitative estimate of drug-likeness (QED) is 0.848. The number of nitrogens with zero attached hydrogens (tertiary/aromatic N) is 1. The Morgan fingerprint density at radius 3 is 2.57 bits per heavy atom. The van der Waals surface area contributed by atoms with Crippen LogP contribution in [0.1, 0.15) is 6.42 Å². The van der Waals surface area contributed by atoms with Crippen LogP contribution in [0.3, 0.4) is 0 Å². The van der Waals surface area contributed by atoms with E-state index in [0.29, 0.717) is 6.42 Å². The van der Waals surface area contributed by atoms with E-state index in [-0.39, 0.29) is 30.0 Å². The zero-order valence-corrected chi connectivity index (χ0v) is 13.5. The van der Waals surface area contributed by atoms with Crippen LogP contribution in [0.5, 0.6) is 0 Å². The molecule has 23 heavy (non-hydrogen) atoms. The highest BCUT2D eigenvalue weighted by Gasteiger charge is 2.29. The largest absolute Gasteiger partial charge is 0.347 e. The fraction of sp³-hybridized carbons (Fsp3) is 0.294. The van der Waals surface area contributed by atoms with Gasteiger partial charge in [-0.25, -0.2) is 8.42 Å². The molecule has 1 aromatic carbocycles. The molecule has 3 rings (SSSR count). The zero-order valence-electron chi connectivity index (χ0n) is 12.7. The number of hydrogen-bond donors (Lipinski definition) is 1. The standard InChI is InChI=1S/C17H18N2O3S/c20-17(18-16-8-10-23(21,22)13-16)12-19-9-4-7-15(11-19)14-5-2-1-3-6-14/h1-7,9,11,16H,8,10,12-13H2/p+1/t16-/m1/s1. The molecule has 1 N–H and O–H groups in total. The molecule has 120 valence electrons. The molecule has 1 saturated heterocycles. The molecule has 0 saturated carbocycles. The molecule has 1 fully saturated rings. The summed E-state index contributed by atoms with van der Waals surface area (Å²) in [4.78, 5) is 12.1. The predicted octanol–water partition coefficient (Wildman–Crippen LogP) is 0.944. The molecule has 0 aliphatic carbocycles. The summed E-state index contributed by atoms with van der Waals surface area (Å²) < 4.78 is 24.7. The molecule has 1 aromatic heterocycles. The van der Waals surface area contributed by atoms with Gasteiger partial charge in [-0.15, -0.1) is 0 Å². The number of pyridine rings is 1. The fourth-order valence-corrected chi connectivity index (χ4v) is 4.44. The maximum absolute atomic E-state index is 12.1. The van der Waals surface area contributed by atoms with E-state index in [0.717, 1.165) is 11.1 Å². The second-order valence-electron chi connectivity index (χ2n) is 5.80. The summed E-state index contributed by atoms with van der Waals surface area (Å²) in [5.41, 5.74) is 2.12. The Balaban J connectivity index is 1.65. The van der Waals surface area contributed by atoms with Crippen LogP contribution in [-0.4, -0.2) is 31.9 Å². The molecule has 1 amide bonds. The average Bonchev–Trinajstić information content (AvgIpc) is 2.87. The van der Waals surface area contributed by atoms with E-state index in [1.54, 1.807) is 4.57 Å². The van der Waals surface area contributed by atoms with Gasteiger partial charge in [0.05, 0.1) is 11.5 Å². The number of nitrogens with one attached hydrogen (secondary N) is 1. The van der Waals surface area contributed by atoms with E-state index >= 15 is 0 Å². The maximum Gasteiger partial charge on any atom is 0.286 e. The number of benzene rings is 1. The minimum absolute atomic E-state index is 0.0491. The van der Waals surface area contributed by atoms with Crippen molar-refractivity contribution in [3.63, 3.8) is 0 Å². The van der Waals surface area contributed by atoms with Crippen molar-refractivity contribution in [2.45, 2.75) is 19.0 Å². The van der Waals surface area contributed by atoms with Crippen molar-refractivity contribution in [1.82, 2.24) is 5.32 Å². The van der Waals surface area contributed by atoms with Crippen LogP contribution in [0, 0.1) is 0 Å². The molecular formula is C17H19N2O3S+. The minimum atomic E-state index is -2.98. The zero-order chi connectivity index (χ0) is 16.3. The van der Waals surface area contributed by atoms with Crippen LogP contribution < -0.4 is 9.88 Å². The summed E-state index contributed by atoms with van der Waals surface area (Å²) in [6.07, 6.45) is 4.25. The molecule has 2 heterocycles. The second-order valence-corrected chi connectivity index (χ2v) is 8.03. The van der Waals surface area contributed by atoms with Crippen LogP contribution in [0.25, 0.3) is 11.1 Å². The Bertz CT molecular complexity index is 804. The first-order chi connectivity index (χ1) is 11.0. The molecule has 0 bridgehead atoms. The number of amides is 1. The topological polar surface area (TPSA) is 67.1 Å². The number of carbonyl (C=O) groups is 1. The maximum atomic E-state index is 12.1. The highest BCUT2D eigenvalue weighted by Crippen LogP contribution is 2.16. The summed E-state index contributed by atoms with van der Waals surface area (Å²) in [6.45, 7) is 0.178. The first kappa shape index (κ1) is 15.7. The summed E-state index contributed by atoms with van der Waals surface area (Å²) in [7, 11) is -2.98. The summed E-state index contributed by atoms with van der Waals surface area (Å²) >= 11 is 0. The lowest BCUT2D eigenvalue weighted by Crippen LogP contribution is -2.46. The van der Waals surface area contributed by atoms with Crippen molar-refractivity contribution < 1.29 is 17.8 Å². The van der Waals surface area contributed by atoms with Gasteiger partial charge in [-0.3, -0.25) is 4.79 Å². The van der Waals surface area contributed by atoms with Gasteiger partial charge in [0, 0.05) is 17.7 Å². The van der Waals surface area contributed by atoms with E-state index in [4.69, 9.17) is 0 Å². The highest BCUT2D eigenvalue weighted by molar-refractivity contribution is 7.91. The van der Waals surface area contributed by atoms with Crippen LogP contribution in [0.15, 0.2) is 54.9 Å². The van der Waals surface area contributed by atoms with E-state index in [1.165, 1.54) is 0 Å². The Morgan fingerprint density at radius 2 is 1.87 bits per heavy atom.